The number of carboxylic acid groups (broad SMARTS) is 3. The number of rotatable bonds is 8. The highest BCUT2D eigenvalue weighted by molar-refractivity contribution is 5.76. The summed E-state index contributed by atoms with van der Waals surface area (Å²) in [6.07, 6.45) is 0.349. The topological polar surface area (TPSA) is 112 Å². The van der Waals surface area contributed by atoms with Gasteiger partial charge in [0.15, 0.2) is 0 Å². The van der Waals surface area contributed by atoms with Gasteiger partial charge in [-0.05, 0) is 26.2 Å². The summed E-state index contributed by atoms with van der Waals surface area (Å²) in [5, 5.41) is 26.7. The van der Waals surface area contributed by atoms with Crippen LogP contribution in [0.4, 0.5) is 0 Å². The first-order valence-corrected chi connectivity index (χ1v) is 5.79. The zero-order valence-corrected chi connectivity index (χ0v) is 10.8. The smallest absolute Gasteiger partial charge is 0.309 e. The lowest BCUT2D eigenvalue weighted by molar-refractivity contribution is -0.153. The van der Waals surface area contributed by atoms with Gasteiger partial charge in [-0.3, -0.25) is 14.4 Å². The highest BCUT2D eigenvalue weighted by Crippen LogP contribution is 2.33. The Labute approximate surface area is 106 Å². The third-order valence-electron chi connectivity index (χ3n) is 3.25. The first-order valence-electron chi connectivity index (χ1n) is 5.79. The van der Waals surface area contributed by atoms with E-state index >= 15 is 0 Å². The third-order valence-corrected chi connectivity index (χ3v) is 3.25. The highest BCUT2D eigenvalue weighted by atomic mass is 16.4. The molecule has 0 heterocycles. The summed E-state index contributed by atoms with van der Waals surface area (Å²) >= 11 is 0. The highest BCUT2D eigenvalue weighted by Gasteiger charge is 2.36. The Morgan fingerprint density at radius 2 is 1.44 bits per heavy atom. The Hall–Kier alpha value is -1.59. The summed E-state index contributed by atoms with van der Waals surface area (Å²) in [6, 6.07) is 0. The van der Waals surface area contributed by atoms with Crippen molar-refractivity contribution in [3.63, 3.8) is 0 Å². The first kappa shape index (κ1) is 16.4. The predicted molar refractivity (Wildman–Crippen MR) is 63.2 cm³/mol. The maximum Gasteiger partial charge on any atom is 0.309 e. The van der Waals surface area contributed by atoms with Gasteiger partial charge in [-0.15, -0.1) is 0 Å². The van der Waals surface area contributed by atoms with Crippen LogP contribution in [0.1, 0.15) is 40.0 Å². The van der Waals surface area contributed by atoms with Crippen molar-refractivity contribution in [1.82, 2.24) is 0 Å². The lowest BCUT2D eigenvalue weighted by Gasteiger charge is -2.27. The standard InChI is InChI=1S/C12H20O6/c1-7(9(13)14)4-5-12(3,11(17)18)6-8(2)10(15)16/h7-8H,4-6H2,1-3H3,(H,13,14)(H,15,16)(H,17,18). The fourth-order valence-corrected chi connectivity index (χ4v) is 1.72. The van der Waals surface area contributed by atoms with Crippen molar-refractivity contribution in [1.29, 1.82) is 0 Å². The average Bonchev–Trinajstić information content (AvgIpc) is 2.25. The Bertz CT molecular complexity index is 337. The van der Waals surface area contributed by atoms with Crippen LogP contribution in [0.3, 0.4) is 0 Å². The van der Waals surface area contributed by atoms with Crippen LogP contribution < -0.4 is 0 Å². The average molecular weight is 260 g/mol. The van der Waals surface area contributed by atoms with Crippen molar-refractivity contribution in [2.75, 3.05) is 0 Å². The molecule has 0 aromatic rings. The molecule has 3 N–H and O–H groups in total. The largest absolute Gasteiger partial charge is 0.481 e. The number of aliphatic carboxylic acids is 3. The number of carbonyl (C=O) groups is 3. The molecule has 18 heavy (non-hydrogen) atoms. The van der Waals surface area contributed by atoms with Crippen LogP contribution in [0.2, 0.25) is 0 Å². The van der Waals surface area contributed by atoms with Gasteiger partial charge >= 0.3 is 17.9 Å². The Kier molecular flexibility index (Phi) is 5.81. The molecule has 104 valence electrons. The number of carboxylic acids is 3. The van der Waals surface area contributed by atoms with Crippen LogP contribution in [0, 0.1) is 17.3 Å². The van der Waals surface area contributed by atoms with Gasteiger partial charge in [0.25, 0.3) is 0 Å². The van der Waals surface area contributed by atoms with Gasteiger partial charge in [-0.2, -0.15) is 0 Å². The van der Waals surface area contributed by atoms with E-state index in [1.54, 1.807) is 0 Å². The molecule has 3 atom stereocenters. The molecule has 0 spiro atoms. The third kappa shape index (κ3) is 4.73. The van der Waals surface area contributed by atoms with E-state index in [0.717, 1.165) is 0 Å². The van der Waals surface area contributed by atoms with Crippen LogP contribution in [-0.4, -0.2) is 33.2 Å². The second kappa shape index (κ2) is 6.37. The monoisotopic (exact) mass is 260 g/mol. The van der Waals surface area contributed by atoms with Crippen LogP contribution in [0.25, 0.3) is 0 Å². The maximum atomic E-state index is 11.2. The summed E-state index contributed by atoms with van der Waals surface area (Å²) in [7, 11) is 0. The van der Waals surface area contributed by atoms with Crippen molar-refractivity contribution in [2.24, 2.45) is 17.3 Å². The number of hydrogen-bond acceptors (Lipinski definition) is 3. The van der Waals surface area contributed by atoms with Crippen molar-refractivity contribution in [3.8, 4) is 0 Å². The Morgan fingerprint density at radius 3 is 1.78 bits per heavy atom. The molecular formula is C12H20O6. The Balaban J connectivity index is 4.68. The summed E-state index contributed by atoms with van der Waals surface area (Å²) in [5.74, 6) is -4.52. The SMILES string of the molecule is CC(CCC(C)(CC(C)C(=O)O)C(=O)O)C(=O)O. The molecule has 0 amide bonds. The van der Waals surface area contributed by atoms with E-state index in [1.165, 1.54) is 20.8 Å². The molecule has 0 aliphatic heterocycles. The molecule has 0 rings (SSSR count). The van der Waals surface area contributed by atoms with Gasteiger partial charge in [-0.1, -0.05) is 13.8 Å². The van der Waals surface area contributed by atoms with Crippen molar-refractivity contribution in [2.45, 2.75) is 40.0 Å². The van der Waals surface area contributed by atoms with Gasteiger partial charge in [-0.25, -0.2) is 0 Å². The molecule has 6 heteroatoms. The molecule has 3 unspecified atom stereocenters. The van der Waals surface area contributed by atoms with Crippen LogP contribution in [0.15, 0.2) is 0 Å². The van der Waals surface area contributed by atoms with Gasteiger partial charge in [0.05, 0.1) is 17.3 Å². The quantitative estimate of drug-likeness (QED) is 0.612. The zero-order chi connectivity index (χ0) is 14.5. The first-order chi connectivity index (χ1) is 8.10. The lowest BCUT2D eigenvalue weighted by Crippen LogP contribution is -2.32. The molecule has 0 aliphatic rings. The normalized spacial score (nSPS) is 17.5. The van der Waals surface area contributed by atoms with Crippen LogP contribution in [0.5, 0.6) is 0 Å². The molecule has 0 fully saturated rings. The second-order valence-corrected chi connectivity index (χ2v) is 5.09. The van der Waals surface area contributed by atoms with Gasteiger partial charge in [0.2, 0.25) is 0 Å². The summed E-state index contributed by atoms with van der Waals surface area (Å²) < 4.78 is 0. The fraction of sp³-hybridized carbons (Fsp3) is 0.750. The van der Waals surface area contributed by atoms with E-state index in [2.05, 4.69) is 0 Å². The molecule has 0 radical (unpaired) electrons. The molecular weight excluding hydrogens is 240 g/mol. The minimum Gasteiger partial charge on any atom is -0.481 e. The van der Waals surface area contributed by atoms with E-state index in [9.17, 15) is 19.5 Å². The predicted octanol–water partition coefficient (Wildman–Crippen LogP) is 1.69. The van der Waals surface area contributed by atoms with E-state index in [-0.39, 0.29) is 19.3 Å². The molecule has 6 nitrogen and oxygen atoms in total. The number of hydrogen-bond donors (Lipinski definition) is 3. The summed E-state index contributed by atoms with van der Waals surface area (Å²) in [4.78, 5) is 32.7. The molecule has 0 aliphatic carbocycles. The molecule has 0 aromatic heterocycles. The summed E-state index contributed by atoms with van der Waals surface area (Å²) in [6.45, 7) is 4.42. The van der Waals surface area contributed by atoms with Crippen LogP contribution >= 0.6 is 0 Å². The summed E-state index contributed by atoms with van der Waals surface area (Å²) in [5.41, 5.74) is -1.21. The van der Waals surface area contributed by atoms with Gasteiger partial charge in [0, 0.05) is 0 Å². The molecule has 0 saturated heterocycles. The van der Waals surface area contributed by atoms with E-state index in [4.69, 9.17) is 10.2 Å². The van der Waals surface area contributed by atoms with E-state index < -0.39 is 35.2 Å². The second-order valence-electron chi connectivity index (χ2n) is 5.09. The lowest BCUT2D eigenvalue weighted by atomic mass is 9.76. The molecule has 0 bridgehead atoms. The molecule has 0 aromatic carbocycles. The van der Waals surface area contributed by atoms with E-state index in [1.807, 2.05) is 0 Å². The molecule has 0 saturated carbocycles. The zero-order valence-electron chi connectivity index (χ0n) is 10.8. The minimum absolute atomic E-state index is 0.00991. The van der Waals surface area contributed by atoms with Crippen molar-refractivity contribution >= 4 is 17.9 Å². The maximum absolute atomic E-state index is 11.2. The minimum atomic E-state index is -1.21. The van der Waals surface area contributed by atoms with Crippen molar-refractivity contribution in [3.05, 3.63) is 0 Å². The van der Waals surface area contributed by atoms with E-state index in [0.29, 0.717) is 0 Å². The van der Waals surface area contributed by atoms with Crippen LogP contribution in [-0.2, 0) is 14.4 Å². The van der Waals surface area contributed by atoms with Gasteiger partial charge in [0.1, 0.15) is 0 Å². The van der Waals surface area contributed by atoms with Gasteiger partial charge < -0.3 is 15.3 Å². The van der Waals surface area contributed by atoms with Crippen molar-refractivity contribution < 1.29 is 29.7 Å². The fourth-order valence-electron chi connectivity index (χ4n) is 1.72. The Morgan fingerprint density at radius 1 is 1.00 bits per heavy atom.